The molecule has 0 spiro atoms. The Bertz CT molecular complexity index is 701. The third-order valence-corrected chi connectivity index (χ3v) is 3.83. The van der Waals surface area contributed by atoms with E-state index in [9.17, 15) is 10.1 Å². The average Bonchev–Trinajstić information content (AvgIpc) is 2.80. The van der Waals surface area contributed by atoms with Crippen molar-refractivity contribution in [2.75, 3.05) is 11.7 Å². The normalized spacial score (nSPS) is 13.2. The van der Waals surface area contributed by atoms with Gasteiger partial charge in [-0.3, -0.25) is 15.1 Å². The van der Waals surface area contributed by atoms with Crippen LogP contribution in [0.3, 0.4) is 0 Å². The summed E-state index contributed by atoms with van der Waals surface area (Å²) < 4.78 is 0.635. The van der Waals surface area contributed by atoms with Crippen LogP contribution in [0.2, 0.25) is 4.34 Å². The molecule has 0 amide bonds. The van der Waals surface area contributed by atoms with Crippen LogP contribution in [0.25, 0.3) is 0 Å². The predicted octanol–water partition coefficient (Wildman–Crippen LogP) is 3.50. The molecule has 1 aromatic heterocycles. The van der Waals surface area contributed by atoms with Crippen LogP contribution in [0.1, 0.15) is 4.88 Å². The highest BCUT2D eigenvalue weighted by Gasteiger charge is 2.19. The van der Waals surface area contributed by atoms with Crippen LogP contribution < -0.4 is 9.90 Å². The lowest BCUT2D eigenvalue weighted by Gasteiger charge is -2.24. The van der Waals surface area contributed by atoms with E-state index < -0.39 is 4.92 Å². The molecule has 6 nitrogen and oxygen atoms in total. The number of hydrogen-bond donors (Lipinski definition) is 0. The molecule has 0 fully saturated rings. The highest BCUT2D eigenvalue weighted by atomic mass is 35.5. The lowest BCUT2D eigenvalue weighted by atomic mass is 10.3. The van der Waals surface area contributed by atoms with Crippen LogP contribution in [0.5, 0.6) is 5.75 Å². The molecule has 1 aliphatic rings. The standard InChI is InChI=1S/C12H8ClN3O3S/c13-12-5-10-11(20-12)6-14-7-15(10)19-9-3-1-2-8(4-9)16(17)18/h1-6H,7H2. The van der Waals surface area contributed by atoms with Gasteiger partial charge in [0.25, 0.3) is 5.69 Å². The average molecular weight is 310 g/mol. The summed E-state index contributed by atoms with van der Waals surface area (Å²) in [4.78, 5) is 21.0. The second-order valence-electron chi connectivity index (χ2n) is 3.98. The van der Waals surface area contributed by atoms with Crippen molar-refractivity contribution in [1.82, 2.24) is 0 Å². The van der Waals surface area contributed by atoms with Crippen molar-refractivity contribution in [2.45, 2.75) is 0 Å². The fraction of sp³-hybridized carbons (Fsp3) is 0.0833. The molecule has 1 aromatic carbocycles. The second kappa shape index (κ2) is 5.10. The summed E-state index contributed by atoms with van der Waals surface area (Å²) in [5.74, 6) is 0.379. The van der Waals surface area contributed by atoms with Crippen molar-refractivity contribution < 1.29 is 9.76 Å². The van der Waals surface area contributed by atoms with E-state index in [2.05, 4.69) is 4.99 Å². The molecule has 3 rings (SSSR count). The molecule has 0 unspecified atom stereocenters. The molecular formula is C12H8ClN3O3S. The minimum atomic E-state index is -0.464. The molecular weight excluding hydrogens is 302 g/mol. The van der Waals surface area contributed by atoms with E-state index in [-0.39, 0.29) is 5.69 Å². The predicted molar refractivity (Wildman–Crippen MR) is 78.0 cm³/mol. The van der Waals surface area contributed by atoms with Gasteiger partial charge in [-0.1, -0.05) is 17.7 Å². The van der Waals surface area contributed by atoms with Crippen molar-refractivity contribution in [2.24, 2.45) is 4.99 Å². The molecule has 0 aliphatic carbocycles. The van der Waals surface area contributed by atoms with Crippen molar-refractivity contribution in [3.05, 3.63) is 49.7 Å². The Morgan fingerprint density at radius 2 is 2.30 bits per heavy atom. The number of hydrogen-bond acceptors (Lipinski definition) is 6. The number of benzene rings is 1. The number of nitro groups is 1. The monoisotopic (exact) mass is 309 g/mol. The molecule has 0 atom stereocenters. The van der Waals surface area contributed by atoms with E-state index in [4.69, 9.17) is 16.4 Å². The minimum Gasteiger partial charge on any atom is -0.377 e. The number of rotatable bonds is 3. The smallest absolute Gasteiger partial charge is 0.273 e. The molecule has 0 radical (unpaired) electrons. The molecule has 102 valence electrons. The van der Waals surface area contributed by atoms with Crippen LogP contribution in [0.15, 0.2) is 35.3 Å². The number of halogens is 1. The Hall–Kier alpha value is -2.12. The van der Waals surface area contributed by atoms with Gasteiger partial charge < -0.3 is 4.84 Å². The van der Waals surface area contributed by atoms with Crippen molar-refractivity contribution in [3.8, 4) is 5.75 Å². The molecule has 8 heteroatoms. The summed E-state index contributed by atoms with van der Waals surface area (Å²) >= 11 is 7.37. The first-order valence-electron chi connectivity index (χ1n) is 5.62. The van der Waals surface area contributed by atoms with Crippen LogP contribution in [-0.4, -0.2) is 17.8 Å². The molecule has 20 heavy (non-hydrogen) atoms. The Morgan fingerprint density at radius 1 is 1.45 bits per heavy atom. The molecule has 0 N–H and O–H groups in total. The van der Waals surface area contributed by atoms with E-state index >= 15 is 0 Å². The van der Waals surface area contributed by atoms with E-state index in [0.29, 0.717) is 16.8 Å². The third kappa shape index (κ3) is 2.45. The minimum absolute atomic E-state index is 0.0217. The number of hydroxylamine groups is 1. The van der Waals surface area contributed by atoms with Crippen LogP contribution in [-0.2, 0) is 0 Å². The lowest BCUT2D eigenvalue weighted by molar-refractivity contribution is -0.384. The summed E-state index contributed by atoms with van der Waals surface area (Å²) in [6, 6.07) is 7.78. The van der Waals surface area contributed by atoms with Crippen molar-refractivity contribution in [3.63, 3.8) is 0 Å². The number of nitrogens with zero attached hydrogens (tertiary/aromatic N) is 3. The largest absolute Gasteiger partial charge is 0.377 e. The van der Waals surface area contributed by atoms with Crippen molar-refractivity contribution in [1.29, 1.82) is 0 Å². The van der Waals surface area contributed by atoms with Gasteiger partial charge in [-0.2, -0.15) is 5.06 Å². The maximum atomic E-state index is 10.7. The topological polar surface area (TPSA) is 68.0 Å². The van der Waals surface area contributed by atoms with Gasteiger partial charge in [0, 0.05) is 12.3 Å². The SMILES string of the molecule is O=[N+]([O-])c1cccc(ON2CN=Cc3sc(Cl)cc32)c1. The van der Waals surface area contributed by atoms with E-state index in [1.54, 1.807) is 29.5 Å². The number of aliphatic imine (C=N–C) groups is 1. The Labute approximate surface area is 123 Å². The maximum absolute atomic E-state index is 10.7. The van der Waals surface area contributed by atoms with Gasteiger partial charge in [-0.15, -0.1) is 11.3 Å². The van der Waals surface area contributed by atoms with E-state index in [0.717, 1.165) is 10.6 Å². The van der Waals surface area contributed by atoms with Gasteiger partial charge in [0.1, 0.15) is 6.67 Å². The van der Waals surface area contributed by atoms with Crippen LogP contribution in [0.4, 0.5) is 11.4 Å². The van der Waals surface area contributed by atoms with E-state index in [1.165, 1.54) is 23.5 Å². The molecule has 0 bridgehead atoms. The van der Waals surface area contributed by atoms with Crippen LogP contribution >= 0.6 is 22.9 Å². The zero-order valence-corrected chi connectivity index (χ0v) is 11.6. The van der Waals surface area contributed by atoms with Gasteiger partial charge in [-0.25, -0.2) is 0 Å². The molecule has 0 saturated carbocycles. The Kier molecular flexibility index (Phi) is 3.29. The van der Waals surface area contributed by atoms with Gasteiger partial charge >= 0.3 is 0 Å². The molecule has 2 heterocycles. The maximum Gasteiger partial charge on any atom is 0.273 e. The zero-order valence-electron chi connectivity index (χ0n) is 10.0. The fourth-order valence-corrected chi connectivity index (χ4v) is 2.91. The Morgan fingerprint density at radius 3 is 3.10 bits per heavy atom. The molecule has 1 aliphatic heterocycles. The lowest BCUT2D eigenvalue weighted by Crippen LogP contribution is -2.29. The summed E-state index contributed by atoms with van der Waals surface area (Å²) in [6.07, 6.45) is 1.74. The van der Waals surface area contributed by atoms with Gasteiger partial charge in [0.05, 0.1) is 25.9 Å². The number of anilines is 1. The van der Waals surface area contributed by atoms with Gasteiger partial charge in [0.15, 0.2) is 5.75 Å². The summed E-state index contributed by atoms with van der Waals surface area (Å²) in [5, 5.41) is 12.3. The number of thiophene rings is 1. The summed E-state index contributed by atoms with van der Waals surface area (Å²) in [5.41, 5.74) is 0.785. The van der Waals surface area contributed by atoms with Gasteiger partial charge in [-0.05, 0) is 12.1 Å². The highest BCUT2D eigenvalue weighted by Crippen LogP contribution is 2.35. The van der Waals surface area contributed by atoms with E-state index in [1.807, 2.05) is 0 Å². The Balaban J connectivity index is 1.87. The first kappa shape index (κ1) is 12.9. The van der Waals surface area contributed by atoms with Crippen LogP contribution in [0, 0.1) is 10.1 Å². The molecule has 0 saturated heterocycles. The summed E-state index contributed by atoms with van der Waals surface area (Å²) in [7, 11) is 0. The highest BCUT2D eigenvalue weighted by molar-refractivity contribution is 7.18. The second-order valence-corrected chi connectivity index (χ2v) is 5.69. The number of non-ortho nitro benzene ring substituents is 1. The molecule has 2 aromatic rings. The quantitative estimate of drug-likeness (QED) is 0.643. The van der Waals surface area contributed by atoms with Gasteiger partial charge in [0.2, 0.25) is 0 Å². The third-order valence-electron chi connectivity index (χ3n) is 2.64. The van der Waals surface area contributed by atoms with Crippen molar-refractivity contribution >= 4 is 40.5 Å². The number of nitro benzene ring substituents is 1. The first-order chi connectivity index (χ1) is 9.63. The first-order valence-corrected chi connectivity index (χ1v) is 6.82. The zero-order chi connectivity index (χ0) is 14.1. The fourth-order valence-electron chi connectivity index (χ4n) is 1.79. The summed E-state index contributed by atoms with van der Waals surface area (Å²) in [6.45, 7) is 0.308. The number of fused-ring (bicyclic) bond motifs is 1.